The lowest BCUT2D eigenvalue weighted by Crippen LogP contribution is -2.53. The van der Waals surface area contributed by atoms with Crippen LogP contribution in [0, 0.1) is 0 Å². The van der Waals surface area contributed by atoms with Crippen LogP contribution < -0.4 is 4.74 Å². The number of carboxylic acid groups (broad SMARTS) is 4. The average molecular weight is 583 g/mol. The lowest BCUT2D eigenvalue weighted by Gasteiger charge is -2.37. The number of ether oxygens (including phenoxy) is 2. The Morgan fingerprint density at radius 1 is 0.707 bits per heavy atom. The molecule has 0 spiro atoms. The molecule has 41 heavy (non-hydrogen) atoms. The third kappa shape index (κ3) is 14.2. The Balaban J connectivity index is 2.33. The third-order valence-electron chi connectivity index (χ3n) is 6.66. The maximum absolute atomic E-state index is 11.9. The summed E-state index contributed by atoms with van der Waals surface area (Å²) in [5.74, 6) is -3.53. The lowest BCUT2D eigenvalue weighted by molar-refractivity contribution is -0.142. The smallest absolute Gasteiger partial charge is 0.317 e. The number of hydrogen-bond acceptors (Lipinski definition) is 10. The van der Waals surface area contributed by atoms with E-state index < -0.39 is 29.9 Å². The van der Waals surface area contributed by atoms with Gasteiger partial charge in [0.1, 0.15) is 12.4 Å². The number of carboxylic acids is 4. The SMILES string of the molecule is CCOCCOc1ccc(C[C@H]2CN(CC(=O)O)CCN(CC(=O)O)CCN(CC(=O)O)CCN2CC(=O)O)cc1. The molecule has 0 aliphatic carbocycles. The number of nitrogens with zero attached hydrogens (tertiary/aromatic N) is 4. The molecule has 1 aromatic rings. The zero-order valence-corrected chi connectivity index (χ0v) is 23.5. The monoisotopic (exact) mass is 582 g/mol. The van der Waals surface area contributed by atoms with Crippen LogP contribution in [0.15, 0.2) is 24.3 Å². The molecule has 2 rings (SSSR count). The second-order valence-electron chi connectivity index (χ2n) is 9.88. The quantitative estimate of drug-likeness (QED) is 0.196. The van der Waals surface area contributed by atoms with Crippen molar-refractivity contribution in [2.75, 3.05) is 91.8 Å². The number of benzene rings is 1. The van der Waals surface area contributed by atoms with Gasteiger partial charge in [0.05, 0.1) is 32.8 Å². The molecule has 0 bridgehead atoms. The summed E-state index contributed by atoms with van der Waals surface area (Å²) in [6.07, 6.45) is 0.403. The first-order valence-electron chi connectivity index (χ1n) is 13.6. The molecule has 0 radical (unpaired) electrons. The summed E-state index contributed by atoms with van der Waals surface area (Å²) in [7, 11) is 0. The van der Waals surface area contributed by atoms with Crippen LogP contribution >= 0.6 is 0 Å². The molecule has 4 N–H and O–H groups in total. The van der Waals surface area contributed by atoms with E-state index in [1.807, 2.05) is 31.2 Å². The molecular formula is C27H42N4O10. The zero-order valence-electron chi connectivity index (χ0n) is 23.5. The van der Waals surface area contributed by atoms with Gasteiger partial charge in [-0.05, 0) is 31.0 Å². The van der Waals surface area contributed by atoms with Gasteiger partial charge in [0.15, 0.2) is 0 Å². The van der Waals surface area contributed by atoms with Crippen molar-refractivity contribution in [3.8, 4) is 5.75 Å². The molecule has 1 saturated heterocycles. The minimum atomic E-state index is -1.05. The number of hydrogen-bond donors (Lipinski definition) is 4. The highest BCUT2D eigenvalue weighted by Gasteiger charge is 2.27. The van der Waals surface area contributed by atoms with Crippen molar-refractivity contribution in [1.29, 1.82) is 0 Å². The standard InChI is InChI=1S/C27H42N4O10/c1-2-40-13-14-41-23-5-3-21(4-6-23)15-22-16-30(19-26(36)37)10-9-28(17-24(32)33)7-8-29(18-25(34)35)11-12-31(22)20-27(38)39/h3-6,22H,2,7-20H2,1H3,(H,32,33)(H,34,35)(H,36,37)(H,38,39)/t22-/m0/s1. The minimum Gasteiger partial charge on any atom is -0.491 e. The van der Waals surface area contributed by atoms with Gasteiger partial charge in [-0.2, -0.15) is 0 Å². The van der Waals surface area contributed by atoms with Gasteiger partial charge in [0.2, 0.25) is 0 Å². The molecule has 1 fully saturated rings. The predicted octanol–water partition coefficient (Wildman–Crippen LogP) is -0.427. The first-order chi connectivity index (χ1) is 19.5. The first-order valence-corrected chi connectivity index (χ1v) is 13.6. The van der Waals surface area contributed by atoms with Crippen molar-refractivity contribution in [2.24, 2.45) is 0 Å². The van der Waals surface area contributed by atoms with E-state index in [4.69, 9.17) is 9.47 Å². The van der Waals surface area contributed by atoms with E-state index in [1.165, 1.54) is 0 Å². The summed E-state index contributed by atoms with van der Waals surface area (Å²) in [4.78, 5) is 53.2. The van der Waals surface area contributed by atoms with Crippen molar-refractivity contribution in [3.63, 3.8) is 0 Å². The minimum absolute atomic E-state index is 0.214. The van der Waals surface area contributed by atoms with E-state index in [1.54, 1.807) is 19.6 Å². The van der Waals surface area contributed by atoms with Crippen LogP contribution in [-0.4, -0.2) is 162 Å². The number of aliphatic carboxylic acids is 4. The van der Waals surface area contributed by atoms with Crippen LogP contribution in [0.1, 0.15) is 12.5 Å². The van der Waals surface area contributed by atoms with Crippen LogP contribution in [0.4, 0.5) is 0 Å². The maximum Gasteiger partial charge on any atom is 0.317 e. The van der Waals surface area contributed by atoms with E-state index in [0.717, 1.165) is 5.56 Å². The molecule has 1 heterocycles. The van der Waals surface area contributed by atoms with Gasteiger partial charge >= 0.3 is 23.9 Å². The Kier molecular flexibility index (Phi) is 15.0. The van der Waals surface area contributed by atoms with E-state index in [2.05, 4.69) is 0 Å². The Hall–Kier alpha value is -3.30. The molecule has 0 saturated carbocycles. The van der Waals surface area contributed by atoms with Crippen molar-refractivity contribution in [1.82, 2.24) is 19.6 Å². The lowest BCUT2D eigenvalue weighted by atomic mass is 10.0. The fraction of sp³-hybridized carbons (Fsp3) is 0.630. The largest absolute Gasteiger partial charge is 0.491 e. The normalized spacial score (nSPS) is 18.7. The summed E-state index contributed by atoms with van der Waals surface area (Å²) in [6, 6.07) is 6.95. The molecule has 1 atom stereocenters. The number of rotatable bonds is 15. The molecule has 1 aliphatic rings. The Bertz CT molecular complexity index is 977. The van der Waals surface area contributed by atoms with Crippen LogP contribution in [-0.2, 0) is 30.3 Å². The molecule has 14 heteroatoms. The number of carbonyl (C=O) groups is 4. The topological polar surface area (TPSA) is 181 Å². The van der Waals surface area contributed by atoms with Crippen molar-refractivity contribution >= 4 is 23.9 Å². The van der Waals surface area contributed by atoms with Gasteiger partial charge in [0.25, 0.3) is 0 Å². The maximum atomic E-state index is 11.9. The van der Waals surface area contributed by atoms with Gasteiger partial charge < -0.3 is 29.9 Å². The molecule has 0 aromatic heterocycles. The highest BCUT2D eigenvalue weighted by Crippen LogP contribution is 2.17. The van der Waals surface area contributed by atoms with E-state index in [0.29, 0.717) is 32.0 Å². The third-order valence-corrected chi connectivity index (χ3v) is 6.66. The second kappa shape index (κ2) is 18.2. The molecule has 230 valence electrons. The zero-order chi connectivity index (χ0) is 30.2. The summed E-state index contributed by atoms with van der Waals surface area (Å²) >= 11 is 0. The molecular weight excluding hydrogens is 540 g/mol. The van der Waals surface area contributed by atoms with Gasteiger partial charge in [-0.25, -0.2) is 0 Å². The van der Waals surface area contributed by atoms with Crippen LogP contribution in [0.2, 0.25) is 0 Å². The van der Waals surface area contributed by atoms with Crippen LogP contribution in [0.3, 0.4) is 0 Å². The molecule has 14 nitrogen and oxygen atoms in total. The van der Waals surface area contributed by atoms with E-state index >= 15 is 0 Å². The Morgan fingerprint density at radius 3 is 1.71 bits per heavy atom. The fourth-order valence-electron chi connectivity index (χ4n) is 4.71. The van der Waals surface area contributed by atoms with Gasteiger partial charge in [-0.3, -0.25) is 38.8 Å². The fourth-order valence-corrected chi connectivity index (χ4v) is 4.71. The van der Waals surface area contributed by atoms with E-state index in [-0.39, 0.29) is 72.0 Å². The summed E-state index contributed by atoms with van der Waals surface area (Å²) in [5.41, 5.74) is 0.889. The Labute approximate surface area is 239 Å². The van der Waals surface area contributed by atoms with Crippen LogP contribution in [0.25, 0.3) is 0 Å². The van der Waals surface area contributed by atoms with E-state index in [9.17, 15) is 39.6 Å². The molecule has 0 unspecified atom stereocenters. The van der Waals surface area contributed by atoms with Crippen molar-refractivity contribution < 1.29 is 49.1 Å². The molecule has 0 amide bonds. The van der Waals surface area contributed by atoms with Gasteiger partial charge in [-0.15, -0.1) is 0 Å². The average Bonchev–Trinajstić information content (AvgIpc) is 2.88. The van der Waals surface area contributed by atoms with Crippen molar-refractivity contribution in [2.45, 2.75) is 19.4 Å². The highest BCUT2D eigenvalue weighted by atomic mass is 16.5. The Morgan fingerprint density at radius 2 is 1.20 bits per heavy atom. The van der Waals surface area contributed by atoms with Crippen molar-refractivity contribution in [3.05, 3.63) is 29.8 Å². The summed E-state index contributed by atoms with van der Waals surface area (Å²) in [6.45, 7) is 3.91. The first kappa shape index (κ1) is 33.9. The second-order valence-corrected chi connectivity index (χ2v) is 9.88. The molecule has 1 aromatic carbocycles. The predicted molar refractivity (Wildman–Crippen MR) is 147 cm³/mol. The van der Waals surface area contributed by atoms with Crippen LogP contribution in [0.5, 0.6) is 5.75 Å². The highest BCUT2D eigenvalue weighted by molar-refractivity contribution is 5.70. The summed E-state index contributed by atoms with van der Waals surface area (Å²) in [5, 5.41) is 38.0. The van der Waals surface area contributed by atoms with Gasteiger partial charge in [-0.1, -0.05) is 12.1 Å². The summed E-state index contributed by atoms with van der Waals surface area (Å²) < 4.78 is 11.0. The molecule has 1 aliphatic heterocycles. The van der Waals surface area contributed by atoms with Gasteiger partial charge in [0, 0.05) is 58.5 Å².